The third-order valence-electron chi connectivity index (χ3n) is 3.60. The van der Waals surface area contributed by atoms with Gasteiger partial charge < -0.3 is 9.64 Å². The first-order valence-electron chi connectivity index (χ1n) is 7.62. The van der Waals surface area contributed by atoms with Crippen molar-refractivity contribution in [1.29, 1.82) is 0 Å². The van der Waals surface area contributed by atoms with Crippen molar-refractivity contribution in [2.45, 2.75) is 11.4 Å². The second kappa shape index (κ2) is 8.33. The van der Waals surface area contributed by atoms with Crippen molar-refractivity contribution in [3.8, 4) is 0 Å². The summed E-state index contributed by atoms with van der Waals surface area (Å²) in [7, 11) is -1.73. The minimum atomic E-state index is -3.34. The number of nitrogens with zero attached hydrogens (tertiary/aromatic N) is 1. The van der Waals surface area contributed by atoms with Crippen LogP contribution in [0.15, 0.2) is 53.4 Å². The zero-order chi connectivity index (χ0) is 19.3. The van der Waals surface area contributed by atoms with E-state index < -0.39 is 22.4 Å². The largest absolute Gasteiger partial charge is 0.452 e. The SMILES string of the molecule is CN(Cc1ccc(Cl)cc1)C(=O)COC(=O)c1ccc(S(C)(=O)=O)cc1. The molecule has 0 aromatic heterocycles. The number of benzene rings is 2. The van der Waals surface area contributed by atoms with Crippen molar-refractivity contribution < 1.29 is 22.7 Å². The van der Waals surface area contributed by atoms with Gasteiger partial charge in [0.1, 0.15) is 0 Å². The van der Waals surface area contributed by atoms with E-state index in [0.717, 1.165) is 11.8 Å². The van der Waals surface area contributed by atoms with Crippen LogP contribution in [-0.4, -0.2) is 45.1 Å². The maximum absolute atomic E-state index is 12.1. The summed E-state index contributed by atoms with van der Waals surface area (Å²) in [5.74, 6) is -1.06. The Bertz CT molecular complexity index is 892. The lowest BCUT2D eigenvalue weighted by atomic mass is 10.2. The molecule has 0 unspecified atom stereocenters. The van der Waals surface area contributed by atoms with E-state index in [1.807, 2.05) is 12.1 Å². The summed E-state index contributed by atoms with van der Waals surface area (Å²) in [6.07, 6.45) is 1.08. The van der Waals surface area contributed by atoms with Crippen LogP contribution in [0.3, 0.4) is 0 Å². The van der Waals surface area contributed by atoms with Gasteiger partial charge in [0, 0.05) is 24.9 Å². The number of halogens is 1. The smallest absolute Gasteiger partial charge is 0.338 e. The van der Waals surface area contributed by atoms with Crippen LogP contribution in [0.25, 0.3) is 0 Å². The highest BCUT2D eigenvalue weighted by atomic mass is 35.5. The van der Waals surface area contributed by atoms with Crippen LogP contribution in [0.5, 0.6) is 0 Å². The summed E-state index contributed by atoms with van der Waals surface area (Å²) in [5.41, 5.74) is 1.07. The lowest BCUT2D eigenvalue weighted by Gasteiger charge is -2.17. The quantitative estimate of drug-likeness (QED) is 0.702. The monoisotopic (exact) mass is 395 g/mol. The highest BCUT2D eigenvalue weighted by molar-refractivity contribution is 7.90. The standard InChI is InChI=1S/C18H18ClNO5S/c1-20(11-13-3-7-15(19)8-4-13)17(21)12-25-18(22)14-5-9-16(10-6-14)26(2,23)24/h3-10H,11-12H2,1-2H3. The summed E-state index contributed by atoms with van der Waals surface area (Å²) in [6, 6.07) is 12.4. The van der Waals surface area contributed by atoms with E-state index in [-0.39, 0.29) is 16.4 Å². The first kappa shape index (κ1) is 19.9. The fourth-order valence-electron chi connectivity index (χ4n) is 2.11. The molecule has 0 saturated carbocycles. The Balaban J connectivity index is 1.89. The minimum Gasteiger partial charge on any atom is -0.452 e. The highest BCUT2D eigenvalue weighted by Gasteiger charge is 2.15. The van der Waals surface area contributed by atoms with Crippen LogP contribution < -0.4 is 0 Å². The number of likely N-dealkylation sites (N-methyl/N-ethyl adjacent to an activating group) is 1. The second-order valence-corrected chi connectivity index (χ2v) is 8.20. The van der Waals surface area contributed by atoms with E-state index in [0.29, 0.717) is 11.6 Å². The molecule has 2 rings (SSSR count). The molecular weight excluding hydrogens is 378 g/mol. The highest BCUT2D eigenvalue weighted by Crippen LogP contribution is 2.12. The van der Waals surface area contributed by atoms with Gasteiger partial charge in [0.05, 0.1) is 10.5 Å². The molecule has 0 N–H and O–H groups in total. The number of carbonyl (C=O) groups excluding carboxylic acids is 2. The number of esters is 1. The topological polar surface area (TPSA) is 80.8 Å². The molecule has 0 heterocycles. The van der Waals surface area contributed by atoms with Crippen molar-refractivity contribution in [1.82, 2.24) is 4.90 Å². The van der Waals surface area contributed by atoms with E-state index in [4.69, 9.17) is 16.3 Å². The van der Waals surface area contributed by atoms with E-state index in [9.17, 15) is 18.0 Å². The van der Waals surface area contributed by atoms with Gasteiger partial charge in [-0.15, -0.1) is 0 Å². The number of rotatable bonds is 6. The van der Waals surface area contributed by atoms with Gasteiger partial charge in [0.25, 0.3) is 5.91 Å². The van der Waals surface area contributed by atoms with Gasteiger partial charge >= 0.3 is 5.97 Å². The maximum Gasteiger partial charge on any atom is 0.338 e. The van der Waals surface area contributed by atoms with Gasteiger partial charge in [0.15, 0.2) is 16.4 Å². The molecule has 26 heavy (non-hydrogen) atoms. The van der Waals surface area contributed by atoms with E-state index in [1.165, 1.54) is 29.2 Å². The summed E-state index contributed by atoms with van der Waals surface area (Å²) in [6.45, 7) is -0.0483. The van der Waals surface area contributed by atoms with Crippen LogP contribution in [0.4, 0.5) is 0 Å². The molecule has 6 nitrogen and oxygen atoms in total. The molecular formula is C18H18ClNO5S. The molecule has 8 heteroatoms. The van der Waals surface area contributed by atoms with Crippen LogP contribution in [0.2, 0.25) is 5.02 Å². The van der Waals surface area contributed by atoms with Crippen molar-refractivity contribution in [2.75, 3.05) is 19.9 Å². The zero-order valence-electron chi connectivity index (χ0n) is 14.3. The third kappa shape index (κ3) is 5.57. The Hall–Kier alpha value is -2.38. The van der Waals surface area contributed by atoms with Gasteiger partial charge in [-0.1, -0.05) is 23.7 Å². The summed E-state index contributed by atoms with van der Waals surface area (Å²) < 4.78 is 27.8. The van der Waals surface area contributed by atoms with Gasteiger partial charge in [-0.2, -0.15) is 0 Å². The first-order chi connectivity index (χ1) is 12.2. The fourth-order valence-corrected chi connectivity index (χ4v) is 2.87. The number of carbonyl (C=O) groups is 2. The molecule has 2 aromatic rings. The van der Waals surface area contributed by atoms with Crippen LogP contribution in [0, 0.1) is 0 Å². The van der Waals surface area contributed by atoms with Gasteiger partial charge in [-0.05, 0) is 42.0 Å². The minimum absolute atomic E-state index is 0.104. The molecule has 0 saturated heterocycles. The molecule has 0 bridgehead atoms. The maximum atomic E-state index is 12.1. The van der Waals surface area contributed by atoms with Gasteiger partial charge in [-0.25, -0.2) is 13.2 Å². The molecule has 0 radical (unpaired) electrons. The van der Waals surface area contributed by atoms with E-state index >= 15 is 0 Å². The Morgan fingerprint density at radius 1 is 1.04 bits per heavy atom. The Morgan fingerprint density at radius 2 is 1.62 bits per heavy atom. The lowest BCUT2D eigenvalue weighted by molar-refractivity contribution is -0.133. The second-order valence-electron chi connectivity index (χ2n) is 5.75. The van der Waals surface area contributed by atoms with Crippen LogP contribution >= 0.6 is 11.6 Å². The van der Waals surface area contributed by atoms with Crippen molar-refractivity contribution >= 4 is 33.3 Å². The molecule has 138 valence electrons. The average molecular weight is 396 g/mol. The normalized spacial score (nSPS) is 11.0. The Morgan fingerprint density at radius 3 is 2.15 bits per heavy atom. The summed E-state index contributed by atoms with van der Waals surface area (Å²) >= 11 is 5.82. The number of sulfone groups is 1. The molecule has 0 atom stereocenters. The summed E-state index contributed by atoms with van der Waals surface area (Å²) in [4.78, 5) is 25.6. The number of hydrogen-bond acceptors (Lipinski definition) is 5. The number of ether oxygens (including phenoxy) is 1. The van der Waals surface area contributed by atoms with Crippen molar-refractivity contribution in [2.24, 2.45) is 0 Å². The zero-order valence-corrected chi connectivity index (χ0v) is 15.9. The molecule has 0 aliphatic rings. The lowest BCUT2D eigenvalue weighted by Crippen LogP contribution is -2.30. The predicted octanol–water partition coefficient (Wildman–Crippen LogP) is 2.56. The molecule has 0 aliphatic carbocycles. The number of amides is 1. The van der Waals surface area contributed by atoms with E-state index in [2.05, 4.69) is 0 Å². The van der Waals surface area contributed by atoms with Gasteiger partial charge in [0.2, 0.25) is 0 Å². The molecule has 0 fully saturated rings. The molecule has 1 amide bonds. The molecule has 2 aromatic carbocycles. The molecule has 0 spiro atoms. The number of hydrogen-bond donors (Lipinski definition) is 0. The average Bonchev–Trinajstić information content (AvgIpc) is 2.60. The summed E-state index contributed by atoms with van der Waals surface area (Å²) in [5, 5.41) is 0.610. The van der Waals surface area contributed by atoms with Crippen molar-refractivity contribution in [3.05, 3.63) is 64.7 Å². The van der Waals surface area contributed by atoms with E-state index in [1.54, 1.807) is 19.2 Å². The Kier molecular flexibility index (Phi) is 6.39. The third-order valence-corrected chi connectivity index (χ3v) is 4.98. The van der Waals surface area contributed by atoms with Crippen LogP contribution in [0.1, 0.15) is 15.9 Å². The van der Waals surface area contributed by atoms with Crippen molar-refractivity contribution in [3.63, 3.8) is 0 Å². The van der Waals surface area contributed by atoms with Crippen LogP contribution in [-0.2, 0) is 25.9 Å². The predicted molar refractivity (Wildman–Crippen MR) is 97.8 cm³/mol. The Labute approximate surface area is 157 Å². The van der Waals surface area contributed by atoms with Gasteiger partial charge in [-0.3, -0.25) is 4.79 Å². The fraction of sp³-hybridized carbons (Fsp3) is 0.222. The molecule has 0 aliphatic heterocycles. The first-order valence-corrected chi connectivity index (χ1v) is 9.89.